The Hall–Kier alpha value is -1.46. The van der Waals surface area contributed by atoms with Crippen molar-refractivity contribution in [2.24, 2.45) is 5.73 Å². The van der Waals surface area contributed by atoms with Gasteiger partial charge < -0.3 is 15.5 Å². The minimum absolute atomic E-state index is 0.0000463. The Bertz CT molecular complexity index is 356. The first-order valence-corrected chi connectivity index (χ1v) is 5.29. The van der Waals surface area contributed by atoms with Crippen molar-refractivity contribution in [3.05, 3.63) is 30.1 Å². The Balaban J connectivity index is 2.26. The zero-order valence-corrected chi connectivity index (χ0v) is 9.28. The fraction of sp³-hybridized carbons (Fsp3) is 0.455. The predicted molar refractivity (Wildman–Crippen MR) is 60.4 cm³/mol. The maximum atomic E-state index is 11.1. The molecule has 0 aliphatic carbocycles. The Morgan fingerprint density at radius 1 is 1.56 bits per heavy atom. The van der Waals surface area contributed by atoms with Crippen LogP contribution in [-0.2, 0) is 4.79 Å². The molecular formula is C11H16N4O. The summed E-state index contributed by atoms with van der Waals surface area (Å²) in [5.41, 5.74) is 6.96. The van der Waals surface area contributed by atoms with Crippen molar-refractivity contribution >= 4 is 6.41 Å². The highest BCUT2D eigenvalue weighted by Gasteiger charge is 2.30. The minimum atomic E-state index is -0.249. The summed E-state index contributed by atoms with van der Waals surface area (Å²) in [6.45, 7) is 1.49. The zero-order chi connectivity index (χ0) is 11.5. The minimum Gasteiger partial charge on any atom is -0.320 e. The van der Waals surface area contributed by atoms with Crippen molar-refractivity contribution in [2.45, 2.75) is 12.2 Å². The van der Waals surface area contributed by atoms with E-state index in [0.29, 0.717) is 6.54 Å². The largest absolute Gasteiger partial charge is 0.320 e. The maximum absolute atomic E-state index is 11.1. The molecule has 1 fully saturated rings. The highest BCUT2D eigenvalue weighted by atomic mass is 16.1. The van der Waals surface area contributed by atoms with E-state index in [0.717, 1.165) is 18.5 Å². The molecule has 0 bridgehead atoms. The summed E-state index contributed by atoms with van der Waals surface area (Å²) in [7, 11) is 2.01. The van der Waals surface area contributed by atoms with Crippen LogP contribution in [0.2, 0.25) is 0 Å². The van der Waals surface area contributed by atoms with Crippen LogP contribution in [0.15, 0.2) is 24.5 Å². The summed E-state index contributed by atoms with van der Waals surface area (Å²) in [5.74, 6) is 0. The van der Waals surface area contributed by atoms with Crippen LogP contribution in [-0.4, -0.2) is 47.5 Å². The number of aromatic nitrogens is 1. The first-order valence-electron chi connectivity index (χ1n) is 5.29. The molecule has 2 heterocycles. The van der Waals surface area contributed by atoms with Crippen LogP contribution >= 0.6 is 0 Å². The van der Waals surface area contributed by atoms with Crippen molar-refractivity contribution in [1.29, 1.82) is 0 Å². The summed E-state index contributed by atoms with van der Waals surface area (Å²) in [6.07, 6.45) is 4.09. The van der Waals surface area contributed by atoms with Gasteiger partial charge in [-0.1, -0.05) is 6.07 Å². The van der Waals surface area contributed by atoms with Gasteiger partial charge in [-0.15, -0.1) is 0 Å². The van der Waals surface area contributed by atoms with E-state index in [9.17, 15) is 4.79 Å². The van der Waals surface area contributed by atoms with E-state index < -0.39 is 0 Å². The summed E-state index contributed by atoms with van der Waals surface area (Å²) in [5, 5.41) is 0. The van der Waals surface area contributed by atoms with Gasteiger partial charge in [0.2, 0.25) is 6.41 Å². The lowest BCUT2D eigenvalue weighted by Gasteiger charge is -2.42. The van der Waals surface area contributed by atoms with E-state index in [1.807, 2.05) is 19.2 Å². The zero-order valence-electron chi connectivity index (χ0n) is 9.28. The highest BCUT2D eigenvalue weighted by Crippen LogP contribution is 2.24. The van der Waals surface area contributed by atoms with Crippen LogP contribution in [0.5, 0.6) is 0 Å². The van der Waals surface area contributed by atoms with Crippen molar-refractivity contribution in [1.82, 2.24) is 14.8 Å². The van der Waals surface area contributed by atoms with Gasteiger partial charge in [0, 0.05) is 25.5 Å². The number of carbonyl (C=O) groups is 1. The lowest BCUT2D eigenvalue weighted by molar-refractivity contribution is -0.126. The van der Waals surface area contributed by atoms with E-state index >= 15 is 0 Å². The second kappa shape index (κ2) is 4.59. The third kappa shape index (κ3) is 2.05. The molecule has 1 amide bonds. The van der Waals surface area contributed by atoms with Gasteiger partial charge in [0.1, 0.15) is 0 Å². The quantitative estimate of drug-likeness (QED) is 0.702. The Labute approximate surface area is 94.9 Å². The van der Waals surface area contributed by atoms with Crippen molar-refractivity contribution < 1.29 is 4.79 Å². The highest BCUT2D eigenvalue weighted by molar-refractivity contribution is 5.50. The molecular weight excluding hydrogens is 204 g/mol. The van der Waals surface area contributed by atoms with Crippen molar-refractivity contribution in [2.75, 3.05) is 20.1 Å². The first kappa shape index (κ1) is 11.0. The molecule has 86 valence electrons. The number of likely N-dealkylation sites (N-methyl/N-ethyl adjacent to an activating group) is 1. The van der Waals surface area contributed by atoms with E-state index in [2.05, 4.69) is 9.88 Å². The fourth-order valence-electron chi connectivity index (χ4n) is 2.11. The molecule has 1 aromatic rings. The monoisotopic (exact) mass is 220 g/mol. The molecule has 5 heteroatoms. The molecule has 5 nitrogen and oxygen atoms in total. The smallest absolute Gasteiger partial charge is 0.211 e. The molecule has 0 spiro atoms. The number of pyridine rings is 1. The molecule has 0 aromatic carbocycles. The third-order valence-corrected chi connectivity index (χ3v) is 2.92. The lowest BCUT2D eigenvalue weighted by atomic mass is 10.0. The molecule has 1 saturated heterocycles. The first-order chi connectivity index (χ1) is 7.72. The van der Waals surface area contributed by atoms with E-state index in [1.54, 1.807) is 17.3 Å². The number of hydrogen-bond acceptors (Lipinski definition) is 4. The van der Waals surface area contributed by atoms with E-state index in [4.69, 9.17) is 5.73 Å². The molecule has 2 unspecified atom stereocenters. The molecule has 1 aliphatic heterocycles. The Kier molecular flexibility index (Phi) is 3.17. The van der Waals surface area contributed by atoms with Gasteiger partial charge in [-0.3, -0.25) is 9.78 Å². The van der Waals surface area contributed by atoms with Gasteiger partial charge in [-0.25, -0.2) is 0 Å². The lowest BCUT2D eigenvalue weighted by Crippen LogP contribution is -2.56. The van der Waals surface area contributed by atoms with Crippen molar-refractivity contribution in [3.8, 4) is 0 Å². The second-order valence-corrected chi connectivity index (χ2v) is 4.14. The number of carbonyl (C=O) groups excluding carboxylic acids is 1. The average Bonchev–Trinajstić information content (AvgIpc) is 2.29. The van der Waals surface area contributed by atoms with Crippen molar-refractivity contribution in [3.63, 3.8) is 0 Å². The molecule has 1 aliphatic rings. The molecule has 2 rings (SSSR count). The standard InChI is InChI=1S/C11H16N4O/c1-14-6-10(9-3-2-4-13-5-9)15(8-16)11(12)7-14/h2-5,8,10-11H,6-7,12H2,1H3. The summed E-state index contributed by atoms with van der Waals surface area (Å²) < 4.78 is 0. The Morgan fingerprint density at radius 2 is 2.38 bits per heavy atom. The van der Waals surface area contributed by atoms with Crippen LogP contribution in [0, 0.1) is 0 Å². The molecule has 0 saturated carbocycles. The van der Waals surface area contributed by atoms with Gasteiger partial charge in [-0.2, -0.15) is 0 Å². The maximum Gasteiger partial charge on any atom is 0.211 e. The van der Waals surface area contributed by atoms with Gasteiger partial charge >= 0.3 is 0 Å². The van der Waals surface area contributed by atoms with Gasteiger partial charge in [0.15, 0.2) is 0 Å². The number of nitrogens with two attached hydrogens (primary N) is 1. The van der Waals surface area contributed by atoms with Gasteiger partial charge in [0.05, 0.1) is 12.2 Å². The molecule has 1 aromatic heterocycles. The topological polar surface area (TPSA) is 62.5 Å². The van der Waals surface area contributed by atoms with E-state index in [1.165, 1.54) is 0 Å². The summed E-state index contributed by atoms with van der Waals surface area (Å²) in [4.78, 5) is 18.9. The van der Waals surface area contributed by atoms with Crippen LogP contribution in [0.1, 0.15) is 11.6 Å². The molecule has 0 radical (unpaired) electrons. The van der Waals surface area contributed by atoms with Gasteiger partial charge in [-0.05, 0) is 18.7 Å². The summed E-state index contributed by atoms with van der Waals surface area (Å²) >= 11 is 0. The van der Waals surface area contributed by atoms with E-state index in [-0.39, 0.29) is 12.2 Å². The summed E-state index contributed by atoms with van der Waals surface area (Å²) in [6, 6.07) is 3.85. The number of nitrogens with zero attached hydrogens (tertiary/aromatic N) is 3. The third-order valence-electron chi connectivity index (χ3n) is 2.92. The number of rotatable bonds is 2. The molecule has 2 N–H and O–H groups in total. The second-order valence-electron chi connectivity index (χ2n) is 4.14. The molecule has 2 atom stereocenters. The average molecular weight is 220 g/mol. The fourth-order valence-corrected chi connectivity index (χ4v) is 2.11. The van der Waals surface area contributed by atoms with Crippen LogP contribution < -0.4 is 5.73 Å². The predicted octanol–water partition coefficient (Wildman–Crippen LogP) is -0.189. The van der Waals surface area contributed by atoms with Gasteiger partial charge in [0.25, 0.3) is 0 Å². The number of amides is 1. The van der Waals surface area contributed by atoms with Crippen LogP contribution in [0.4, 0.5) is 0 Å². The Morgan fingerprint density at radius 3 is 3.00 bits per heavy atom. The SMILES string of the molecule is CN1CC(N)N(C=O)C(c2cccnc2)C1. The normalized spacial score (nSPS) is 26.8. The molecule has 16 heavy (non-hydrogen) atoms. The van der Waals surface area contributed by atoms with Crippen LogP contribution in [0.25, 0.3) is 0 Å². The van der Waals surface area contributed by atoms with Crippen LogP contribution in [0.3, 0.4) is 0 Å². The number of piperazine rings is 1. The number of hydrogen-bond donors (Lipinski definition) is 1.